The molecule has 0 spiro atoms. The summed E-state index contributed by atoms with van der Waals surface area (Å²) >= 11 is 12.1. The van der Waals surface area contributed by atoms with Crippen LogP contribution in [0.4, 0.5) is 0 Å². The van der Waals surface area contributed by atoms with Gasteiger partial charge in [-0.05, 0) is 30.7 Å². The summed E-state index contributed by atoms with van der Waals surface area (Å²) < 4.78 is 7.49. The smallest absolute Gasteiger partial charge is 0.223 e. The molecule has 0 aliphatic carbocycles. The van der Waals surface area contributed by atoms with Crippen LogP contribution in [0.25, 0.3) is 0 Å². The molecule has 0 fully saturated rings. The fourth-order valence-electron chi connectivity index (χ4n) is 2.78. The maximum absolute atomic E-state index is 13.0. The van der Waals surface area contributed by atoms with Crippen LogP contribution in [0.15, 0.2) is 48.5 Å². The zero-order valence-electron chi connectivity index (χ0n) is 14.5. The van der Waals surface area contributed by atoms with Crippen molar-refractivity contribution in [1.82, 2.24) is 9.78 Å². The van der Waals surface area contributed by atoms with Gasteiger partial charge in [-0.15, -0.1) is 0 Å². The fraction of sp³-hybridized carbons (Fsp3) is 0.200. The Balaban J connectivity index is 1.84. The number of ketones is 1. The van der Waals surface area contributed by atoms with E-state index in [1.165, 1.54) is 5.56 Å². The number of benzene rings is 2. The molecule has 3 rings (SSSR count). The van der Waals surface area contributed by atoms with Crippen LogP contribution in [0, 0.1) is 6.92 Å². The van der Waals surface area contributed by atoms with E-state index in [9.17, 15) is 4.79 Å². The highest BCUT2D eigenvalue weighted by molar-refractivity contribution is 6.37. The zero-order chi connectivity index (χ0) is 18.7. The second-order valence-electron chi connectivity index (χ2n) is 5.93. The van der Waals surface area contributed by atoms with Gasteiger partial charge in [0.25, 0.3) is 0 Å². The van der Waals surface area contributed by atoms with Crippen molar-refractivity contribution in [3.63, 3.8) is 0 Å². The second-order valence-corrected chi connectivity index (χ2v) is 6.77. The van der Waals surface area contributed by atoms with E-state index >= 15 is 0 Å². The maximum Gasteiger partial charge on any atom is 0.223 e. The molecule has 0 saturated carbocycles. The molecule has 0 amide bonds. The van der Waals surface area contributed by atoms with Crippen molar-refractivity contribution in [3.8, 4) is 5.88 Å². The first-order chi connectivity index (χ1) is 12.5. The minimum atomic E-state index is -0.230. The summed E-state index contributed by atoms with van der Waals surface area (Å²) in [5.74, 6) is 0.210. The normalized spacial score (nSPS) is 10.8. The molecule has 3 aromatic rings. The van der Waals surface area contributed by atoms with Crippen molar-refractivity contribution in [1.29, 1.82) is 0 Å². The minimum Gasteiger partial charge on any atom is -0.477 e. The highest BCUT2D eigenvalue weighted by Gasteiger charge is 2.24. The van der Waals surface area contributed by atoms with Crippen molar-refractivity contribution >= 4 is 29.0 Å². The number of nitrogens with zero attached hydrogens (tertiary/aromatic N) is 2. The first kappa shape index (κ1) is 18.5. The number of aromatic nitrogens is 2. The van der Waals surface area contributed by atoms with Crippen LogP contribution in [-0.4, -0.2) is 22.2 Å². The average Bonchev–Trinajstić information content (AvgIpc) is 2.89. The Labute approximate surface area is 162 Å². The topological polar surface area (TPSA) is 44.1 Å². The van der Waals surface area contributed by atoms with Gasteiger partial charge in [0.2, 0.25) is 11.7 Å². The molecule has 26 heavy (non-hydrogen) atoms. The van der Waals surface area contributed by atoms with E-state index in [2.05, 4.69) is 5.10 Å². The van der Waals surface area contributed by atoms with Gasteiger partial charge in [-0.25, -0.2) is 4.68 Å². The standard InChI is InChI=1S/C20H18Cl2N2O2/c1-13-18(19(25)16-9-8-15(21)12-17(16)22)20(24(2)23-13)26-11-10-14-6-4-3-5-7-14/h3-9,12H,10-11H2,1-2H3. The Bertz CT molecular complexity index is 936. The third-order valence-corrected chi connectivity index (χ3v) is 4.59. The van der Waals surface area contributed by atoms with E-state index < -0.39 is 0 Å². The summed E-state index contributed by atoms with van der Waals surface area (Å²) in [6, 6.07) is 14.8. The van der Waals surface area contributed by atoms with Gasteiger partial charge in [-0.3, -0.25) is 4.79 Å². The number of rotatable bonds is 6. The molecule has 0 atom stereocenters. The fourth-order valence-corrected chi connectivity index (χ4v) is 3.28. The SMILES string of the molecule is Cc1nn(C)c(OCCc2ccccc2)c1C(=O)c1ccc(Cl)cc1Cl. The second kappa shape index (κ2) is 7.94. The molecule has 134 valence electrons. The molecule has 0 aliphatic heterocycles. The average molecular weight is 389 g/mol. The quantitative estimate of drug-likeness (QED) is 0.564. The van der Waals surface area contributed by atoms with Crippen molar-refractivity contribution < 1.29 is 9.53 Å². The number of carbonyl (C=O) groups is 1. The van der Waals surface area contributed by atoms with Crippen molar-refractivity contribution in [2.75, 3.05) is 6.61 Å². The lowest BCUT2D eigenvalue weighted by Gasteiger charge is -2.10. The number of carbonyl (C=O) groups excluding carboxylic acids is 1. The van der Waals surface area contributed by atoms with Crippen molar-refractivity contribution in [2.24, 2.45) is 7.05 Å². The van der Waals surface area contributed by atoms with E-state index in [1.54, 1.807) is 36.9 Å². The predicted molar refractivity (Wildman–Crippen MR) is 103 cm³/mol. The van der Waals surface area contributed by atoms with Gasteiger partial charge < -0.3 is 4.74 Å². The van der Waals surface area contributed by atoms with E-state index in [0.717, 1.165) is 6.42 Å². The summed E-state index contributed by atoms with van der Waals surface area (Å²) in [6.45, 7) is 2.22. The molecular formula is C20H18Cl2N2O2. The number of hydrogen-bond donors (Lipinski definition) is 0. The van der Waals surface area contributed by atoms with Crippen LogP contribution in [0.3, 0.4) is 0 Å². The van der Waals surface area contributed by atoms with Crippen molar-refractivity contribution in [2.45, 2.75) is 13.3 Å². The molecule has 1 aromatic heterocycles. The van der Waals surface area contributed by atoms with Gasteiger partial charge in [-0.2, -0.15) is 5.10 Å². The molecule has 4 nitrogen and oxygen atoms in total. The van der Waals surface area contributed by atoms with Gasteiger partial charge in [0, 0.05) is 24.1 Å². The molecule has 0 N–H and O–H groups in total. The minimum absolute atomic E-state index is 0.230. The zero-order valence-corrected chi connectivity index (χ0v) is 16.0. The molecule has 0 unspecified atom stereocenters. The molecule has 1 heterocycles. The number of aryl methyl sites for hydroxylation is 2. The molecule has 0 aliphatic rings. The van der Waals surface area contributed by atoms with Crippen LogP contribution >= 0.6 is 23.2 Å². The number of hydrogen-bond acceptors (Lipinski definition) is 3. The Morgan fingerprint density at radius 1 is 1.15 bits per heavy atom. The van der Waals surface area contributed by atoms with Gasteiger partial charge in [0.15, 0.2) is 0 Å². The highest BCUT2D eigenvalue weighted by atomic mass is 35.5. The van der Waals surface area contributed by atoms with Gasteiger partial charge in [0.05, 0.1) is 17.3 Å². The van der Waals surface area contributed by atoms with E-state index in [4.69, 9.17) is 27.9 Å². The van der Waals surface area contributed by atoms with E-state index in [1.807, 2.05) is 30.3 Å². The van der Waals surface area contributed by atoms with Gasteiger partial charge >= 0.3 is 0 Å². The summed E-state index contributed by atoms with van der Waals surface area (Å²) in [6.07, 6.45) is 0.737. The predicted octanol–water partition coefficient (Wildman–Crippen LogP) is 4.89. The molecule has 2 aromatic carbocycles. The molecule has 0 bridgehead atoms. The molecular weight excluding hydrogens is 371 g/mol. The summed E-state index contributed by atoms with van der Waals surface area (Å²) in [5.41, 5.74) is 2.56. The summed E-state index contributed by atoms with van der Waals surface area (Å²) in [7, 11) is 1.76. The van der Waals surface area contributed by atoms with Gasteiger partial charge in [0.1, 0.15) is 5.56 Å². The third kappa shape index (κ3) is 3.92. The molecule has 6 heteroatoms. The number of halogens is 2. The van der Waals surface area contributed by atoms with Gasteiger partial charge in [-0.1, -0.05) is 53.5 Å². The monoisotopic (exact) mass is 388 g/mol. The van der Waals surface area contributed by atoms with Crippen LogP contribution in [-0.2, 0) is 13.5 Å². The lowest BCUT2D eigenvalue weighted by molar-refractivity contribution is 0.103. The lowest BCUT2D eigenvalue weighted by atomic mass is 10.0. The number of ether oxygens (including phenoxy) is 1. The Kier molecular flexibility index (Phi) is 5.64. The van der Waals surface area contributed by atoms with Crippen LogP contribution < -0.4 is 4.74 Å². The first-order valence-electron chi connectivity index (χ1n) is 8.17. The van der Waals surface area contributed by atoms with Crippen LogP contribution in [0.1, 0.15) is 27.2 Å². The third-order valence-electron chi connectivity index (χ3n) is 4.04. The molecule has 0 radical (unpaired) electrons. The lowest BCUT2D eigenvalue weighted by Crippen LogP contribution is -2.10. The Morgan fingerprint density at radius 2 is 1.88 bits per heavy atom. The molecule has 0 saturated heterocycles. The Morgan fingerprint density at radius 3 is 2.58 bits per heavy atom. The highest BCUT2D eigenvalue weighted by Crippen LogP contribution is 2.29. The Hall–Kier alpha value is -2.30. The summed E-state index contributed by atoms with van der Waals surface area (Å²) in [5, 5.41) is 5.12. The van der Waals surface area contributed by atoms with E-state index in [-0.39, 0.29) is 5.78 Å². The first-order valence-corrected chi connectivity index (χ1v) is 8.93. The largest absolute Gasteiger partial charge is 0.477 e. The summed E-state index contributed by atoms with van der Waals surface area (Å²) in [4.78, 5) is 13.0. The maximum atomic E-state index is 13.0. The van der Waals surface area contributed by atoms with Crippen molar-refractivity contribution in [3.05, 3.63) is 81.0 Å². The van der Waals surface area contributed by atoms with E-state index in [0.29, 0.717) is 39.4 Å². The van der Waals surface area contributed by atoms with Crippen LogP contribution in [0.2, 0.25) is 10.0 Å². The van der Waals surface area contributed by atoms with Crippen LogP contribution in [0.5, 0.6) is 5.88 Å².